The highest BCUT2D eigenvalue weighted by Gasteiger charge is 2.22. The van der Waals surface area contributed by atoms with E-state index in [9.17, 15) is 4.79 Å². The molecule has 3 aromatic rings. The Morgan fingerprint density at radius 3 is 1.71 bits per heavy atom. The van der Waals surface area contributed by atoms with Crippen molar-refractivity contribution in [2.45, 2.75) is 70.4 Å². The molecule has 45 heavy (non-hydrogen) atoms. The number of rotatable bonds is 18. The van der Waals surface area contributed by atoms with E-state index in [-0.39, 0.29) is 23.0 Å². The first-order valence-corrected chi connectivity index (χ1v) is 16.2. The van der Waals surface area contributed by atoms with Crippen LogP contribution in [0.1, 0.15) is 76.0 Å². The van der Waals surface area contributed by atoms with Crippen molar-refractivity contribution in [1.29, 1.82) is 0 Å². The van der Waals surface area contributed by atoms with Crippen LogP contribution < -0.4 is 24.7 Å². The van der Waals surface area contributed by atoms with E-state index in [4.69, 9.17) is 21.3 Å². The largest absolute Gasteiger partial charge is 0.494 e. The Balaban J connectivity index is 1.51. The van der Waals surface area contributed by atoms with Gasteiger partial charge in [-0.05, 0) is 112 Å². The molecule has 7 nitrogen and oxygen atoms in total. The molecule has 0 fully saturated rings. The number of carbonyl (C=O) groups is 1. The average Bonchev–Trinajstić information content (AvgIpc) is 3.00. The van der Waals surface area contributed by atoms with E-state index in [1.807, 2.05) is 39.8 Å². The number of anilines is 2. The van der Waals surface area contributed by atoms with Crippen molar-refractivity contribution in [3.63, 3.8) is 0 Å². The fourth-order valence-electron chi connectivity index (χ4n) is 4.98. The summed E-state index contributed by atoms with van der Waals surface area (Å²) >= 11 is 5.77. The Bertz CT molecular complexity index is 1260. The molecule has 8 heteroatoms. The summed E-state index contributed by atoms with van der Waals surface area (Å²) in [7, 11) is 8.22. The smallest absolute Gasteiger partial charge is 0.220 e. The van der Waals surface area contributed by atoms with Gasteiger partial charge in [0, 0.05) is 70.6 Å². The average molecular weight is 637 g/mol. The molecule has 1 amide bonds. The van der Waals surface area contributed by atoms with Gasteiger partial charge in [-0.1, -0.05) is 36.4 Å². The van der Waals surface area contributed by atoms with E-state index in [0.29, 0.717) is 32.6 Å². The molecule has 0 atom stereocenters. The Hall–Kier alpha value is -3.26. The Kier molecular flexibility index (Phi) is 13.6. The molecule has 0 saturated heterocycles. The number of benzene rings is 3. The standard InChI is InChI=1S/C37H53ClN4O3/c1-36(2,40-38)24-27-45-37(3,4)23-25-39-34(43)10-9-26-44-33-21-15-30(16-22-33)35(28-11-17-31(18-12-28)41(5)6)29-13-19-32(20-14-29)42(7)8/h11-22,35,40H,9-10,23-27H2,1-8H3,(H,39,43). The van der Waals surface area contributed by atoms with Gasteiger partial charge in [-0.25, -0.2) is 4.84 Å². The number of nitrogens with zero attached hydrogens (tertiary/aromatic N) is 2. The van der Waals surface area contributed by atoms with Crippen LogP contribution in [0.25, 0.3) is 0 Å². The van der Waals surface area contributed by atoms with Gasteiger partial charge in [0.1, 0.15) is 5.75 Å². The van der Waals surface area contributed by atoms with Gasteiger partial charge in [-0.15, -0.1) is 0 Å². The van der Waals surface area contributed by atoms with Crippen molar-refractivity contribution in [3.8, 4) is 5.75 Å². The maximum atomic E-state index is 12.4. The first kappa shape index (κ1) is 36.2. The van der Waals surface area contributed by atoms with Crippen molar-refractivity contribution < 1.29 is 14.3 Å². The van der Waals surface area contributed by atoms with Gasteiger partial charge < -0.3 is 24.6 Å². The predicted octanol–water partition coefficient (Wildman–Crippen LogP) is 7.37. The summed E-state index contributed by atoms with van der Waals surface area (Å²) in [5.41, 5.74) is 5.51. The number of ether oxygens (including phenoxy) is 2. The zero-order valence-corrected chi connectivity index (χ0v) is 29.2. The molecule has 0 spiro atoms. The molecule has 3 rings (SSSR count). The first-order chi connectivity index (χ1) is 21.3. The van der Waals surface area contributed by atoms with Crippen LogP contribution in [0.3, 0.4) is 0 Å². The normalized spacial score (nSPS) is 11.9. The lowest BCUT2D eigenvalue weighted by molar-refractivity contribution is -0.121. The van der Waals surface area contributed by atoms with E-state index >= 15 is 0 Å². The fraction of sp³-hybridized carbons (Fsp3) is 0.486. The van der Waals surface area contributed by atoms with E-state index in [1.165, 1.54) is 28.1 Å². The molecule has 0 radical (unpaired) electrons. The Labute approximate surface area is 276 Å². The number of halogens is 1. The van der Waals surface area contributed by atoms with Gasteiger partial charge in [0.15, 0.2) is 0 Å². The van der Waals surface area contributed by atoms with Crippen LogP contribution in [-0.2, 0) is 9.53 Å². The number of nitrogens with one attached hydrogen (secondary N) is 2. The van der Waals surface area contributed by atoms with E-state index < -0.39 is 0 Å². The van der Waals surface area contributed by atoms with Crippen LogP contribution in [-0.4, -0.2) is 65.0 Å². The lowest BCUT2D eigenvalue weighted by Gasteiger charge is -2.28. The number of amides is 1. The third-order valence-corrected chi connectivity index (χ3v) is 8.55. The minimum absolute atomic E-state index is 0.0284. The maximum absolute atomic E-state index is 12.4. The molecule has 3 aromatic carbocycles. The molecule has 0 aliphatic carbocycles. The molecule has 0 heterocycles. The first-order valence-electron chi connectivity index (χ1n) is 15.9. The molecule has 2 N–H and O–H groups in total. The molecule has 0 aliphatic heterocycles. The number of carbonyl (C=O) groups excluding carboxylic acids is 1. The van der Waals surface area contributed by atoms with Crippen molar-refractivity contribution >= 4 is 29.1 Å². The van der Waals surface area contributed by atoms with Crippen molar-refractivity contribution in [3.05, 3.63) is 89.5 Å². The second-order valence-electron chi connectivity index (χ2n) is 13.4. The topological polar surface area (TPSA) is 66.1 Å². The van der Waals surface area contributed by atoms with Crippen molar-refractivity contribution in [2.24, 2.45) is 0 Å². The molecule has 0 unspecified atom stereocenters. The highest BCUT2D eigenvalue weighted by molar-refractivity contribution is 6.13. The second kappa shape index (κ2) is 16.9. The molecular formula is C37H53ClN4O3. The summed E-state index contributed by atoms with van der Waals surface area (Å²) in [6.07, 6.45) is 2.60. The monoisotopic (exact) mass is 636 g/mol. The van der Waals surface area contributed by atoms with Gasteiger partial charge in [-0.2, -0.15) is 0 Å². The highest BCUT2D eigenvalue weighted by Crippen LogP contribution is 2.34. The van der Waals surface area contributed by atoms with Gasteiger partial charge in [0.05, 0.1) is 12.2 Å². The Morgan fingerprint density at radius 1 is 0.756 bits per heavy atom. The lowest BCUT2D eigenvalue weighted by atomic mass is 9.85. The highest BCUT2D eigenvalue weighted by atomic mass is 35.5. The van der Waals surface area contributed by atoms with Crippen LogP contribution >= 0.6 is 11.8 Å². The molecule has 246 valence electrons. The maximum Gasteiger partial charge on any atom is 0.220 e. The van der Waals surface area contributed by atoms with Gasteiger partial charge >= 0.3 is 0 Å². The number of hydrogen-bond donors (Lipinski definition) is 2. The summed E-state index contributed by atoms with van der Waals surface area (Å²) in [6.45, 7) is 9.80. The summed E-state index contributed by atoms with van der Waals surface area (Å²) in [4.78, 5) is 19.4. The number of hydrogen-bond acceptors (Lipinski definition) is 6. The minimum Gasteiger partial charge on any atom is -0.494 e. The van der Waals surface area contributed by atoms with E-state index in [2.05, 4.69) is 109 Å². The van der Waals surface area contributed by atoms with Crippen molar-refractivity contribution in [2.75, 3.05) is 57.7 Å². The molecule has 0 aliphatic rings. The van der Waals surface area contributed by atoms with Gasteiger partial charge in [0.2, 0.25) is 5.91 Å². The summed E-state index contributed by atoms with van der Waals surface area (Å²) in [5.74, 6) is 0.927. The zero-order valence-electron chi connectivity index (χ0n) is 28.5. The quantitative estimate of drug-likeness (QED) is 0.0863. The zero-order chi connectivity index (χ0) is 33.0. The van der Waals surface area contributed by atoms with Crippen LogP contribution in [0.2, 0.25) is 0 Å². The summed E-state index contributed by atoms with van der Waals surface area (Å²) in [5, 5.41) is 3.01. The van der Waals surface area contributed by atoms with E-state index in [1.54, 1.807) is 0 Å². The molecule has 0 bridgehead atoms. The molecular weight excluding hydrogens is 584 g/mol. The third kappa shape index (κ3) is 11.9. The SMILES string of the molecule is CN(C)c1ccc(C(c2ccc(OCCCC(=O)NCCC(C)(C)OCCC(C)(C)NCl)cc2)c2ccc(N(C)C)cc2)cc1. The summed E-state index contributed by atoms with van der Waals surface area (Å²) in [6, 6.07) is 25.9. The van der Waals surface area contributed by atoms with Crippen molar-refractivity contribution in [1.82, 2.24) is 10.2 Å². The minimum atomic E-state index is -0.324. The lowest BCUT2D eigenvalue weighted by Crippen LogP contribution is -2.37. The third-order valence-electron chi connectivity index (χ3n) is 8.04. The van der Waals surface area contributed by atoms with E-state index in [0.717, 1.165) is 18.6 Å². The summed E-state index contributed by atoms with van der Waals surface area (Å²) < 4.78 is 12.0. The second-order valence-corrected chi connectivity index (χ2v) is 13.6. The molecule has 0 saturated carbocycles. The van der Waals surface area contributed by atoms with Crippen LogP contribution in [0.4, 0.5) is 11.4 Å². The van der Waals surface area contributed by atoms with Crippen LogP contribution in [0, 0.1) is 0 Å². The van der Waals surface area contributed by atoms with Crippen LogP contribution in [0.5, 0.6) is 5.75 Å². The van der Waals surface area contributed by atoms with Gasteiger partial charge in [-0.3, -0.25) is 4.79 Å². The van der Waals surface area contributed by atoms with Gasteiger partial charge in [0.25, 0.3) is 0 Å². The fourth-order valence-corrected chi connectivity index (χ4v) is 5.07. The van der Waals surface area contributed by atoms with Crippen LogP contribution in [0.15, 0.2) is 72.8 Å². The molecule has 0 aromatic heterocycles. The Morgan fingerprint density at radius 2 is 1.24 bits per heavy atom. The predicted molar refractivity (Wildman–Crippen MR) is 189 cm³/mol.